The summed E-state index contributed by atoms with van der Waals surface area (Å²) in [5.41, 5.74) is 3.30. The molecule has 2 aliphatic rings. The first-order valence-electron chi connectivity index (χ1n) is 11.4. The van der Waals surface area contributed by atoms with E-state index in [0.717, 1.165) is 29.8 Å². The van der Waals surface area contributed by atoms with Gasteiger partial charge in [0.05, 0.1) is 0 Å². The van der Waals surface area contributed by atoms with E-state index in [4.69, 9.17) is 0 Å². The molecule has 0 saturated carbocycles. The van der Waals surface area contributed by atoms with Crippen molar-refractivity contribution in [3.8, 4) is 0 Å². The number of alkyl halides is 6. The zero-order valence-electron chi connectivity index (χ0n) is 19.6. The summed E-state index contributed by atoms with van der Waals surface area (Å²) in [6.45, 7) is 6.41. The monoisotopic (exact) mass is 495 g/mol. The van der Waals surface area contributed by atoms with Gasteiger partial charge in [-0.2, -0.15) is 26.3 Å². The van der Waals surface area contributed by atoms with Gasteiger partial charge in [0.2, 0.25) is 0 Å². The van der Waals surface area contributed by atoms with Gasteiger partial charge in [0.25, 0.3) is 6.10 Å². The van der Waals surface area contributed by atoms with Crippen molar-refractivity contribution < 1.29 is 35.9 Å². The quantitative estimate of drug-likeness (QED) is 0.515. The number of carbonyl (C=O) groups excluding carboxylic acids is 1. The Kier molecular flexibility index (Phi) is 7.64. The van der Waals surface area contributed by atoms with E-state index in [1.807, 2.05) is 13.8 Å². The van der Waals surface area contributed by atoms with Gasteiger partial charge in [-0.1, -0.05) is 19.1 Å². The van der Waals surface area contributed by atoms with Gasteiger partial charge in [-0.25, -0.2) is 4.79 Å². The molecule has 2 aliphatic heterocycles. The maximum atomic E-state index is 12.7. The minimum absolute atomic E-state index is 0.0151. The van der Waals surface area contributed by atoms with Gasteiger partial charge in [0.1, 0.15) is 0 Å². The molecule has 1 saturated heterocycles. The molecule has 0 spiro atoms. The maximum Gasteiger partial charge on any atom is 0.434 e. The smallest absolute Gasteiger partial charge is 0.426 e. The molecular weight excluding hydrogens is 464 g/mol. The SMILES string of the molecule is CCN(Cc1ccc2c(c1)N(C)CCC2)C1(C)CCN(C(=O)OC(C(F)(F)F)C(F)(F)F)CC1. The number of anilines is 1. The molecule has 192 valence electrons. The van der Waals surface area contributed by atoms with Crippen molar-refractivity contribution in [3.63, 3.8) is 0 Å². The lowest BCUT2D eigenvalue weighted by molar-refractivity contribution is -0.308. The van der Waals surface area contributed by atoms with Crippen molar-refractivity contribution in [3.05, 3.63) is 29.3 Å². The number of halogens is 6. The van der Waals surface area contributed by atoms with E-state index in [0.29, 0.717) is 25.9 Å². The maximum absolute atomic E-state index is 12.7. The fourth-order valence-corrected chi connectivity index (χ4v) is 4.79. The van der Waals surface area contributed by atoms with E-state index in [-0.39, 0.29) is 18.6 Å². The summed E-state index contributed by atoms with van der Waals surface area (Å²) >= 11 is 0. The number of nitrogens with zero attached hydrogens (tertiary/aromatic N) is 3. The Bertz CT molecular complexity index is 851. The van der Waals surface area contributed by atoms with Crippen molar-refractivity contribution in [2.75, 3.05) is 38.1 Å². The largest absolute Gasteiger partial charge is 0.434 e. The summed E-state index contributed by atoms with van der Waals surface area (Å²) in [5.74, 6) is 0. The van der Waals surface area contributed by atoms with Crippen LogP contribution in [0.5, 0.6) is 0 Å². The average molecular weight is 496 g/mol. The molecule has 1 fully saturated rings. The van der Waals surface area contributed by atoms with Gasteiger partial charge in [-0.05, 0) is 56.3 Å². The number of piperidine rings is 1. The van der Waals surface area contributed by atoms with Crippen LogP contribution < -0.4 is 4.90 Å². The fraction of sp³-hybridized carbons (Fsp3) is 0.696. The number of hydrogen-bond acceptors (Lipinski definition) is 4. The minimum Gasteiger partial charge on any atom is -0.426 e. The van der Waals surface area contributed by atoms with Crippen molar-refractivity contribution in [1.29, 1.82) is 0 Å². The Morgan fingerprint density at radius 1 is 1.12 bits per heavy atom. The van der Waals surface area contributed by atoms with E-state index >= 15 is 0 Å². The highest BCUT2D eigenvalue weighted by molar-refractivity contribution is 5.68. The van der Waals surface area contributed by atoms with Crippen molar-refractivity contribution in [2.24, 2.45) is 0 Å². The van der Waals surface area contributed by atoms with Crippen LogP contribution in [0, 0.1) is 0 Å². The molecule has 0 aliphatic carbocycles. The van der Waals surface area contributed by atoms with E-state index in [9.17, 15) is 31.1 Å². The molecule has 2 heterocycles. The first-order chi connectivity index (χ1) is 15.7. The van der Waals surface area contributed by atoms with Gasteiger partial charge >= 0.3 is 18.4 Å². The van der Waals surface area contributed by atoms with Crippen LogP contribution in [0.15, 0.2) is 18.2 Å². The van der Waals surface area contributed by atoms with Gasteiger partial charge in [-0.3, -0.25) is 4.90 Å². The van der Waals surface area contributed by atoms with Crippen molar-refractivity contribution >= 4 is 11.8 Å². The van der Waals surface area contributed by atoms with Crippen LogP contribution in [0.25, 0.3) is 0 Å². The third-order valence-corrected chi connectivity index (χ3v) is 6.93. The van der Waals surface area contributed by atoms with E-state index in [1.165, 1.54) is 11.3 Å². The molecule has 0 N–H and O–H groups in total. The zero-order valence-corrected chi connectivity index (χ0v) is 19.6. The molecular formula is C23H31F6N3O2. The second-order valence-electron chi connectivity index (χ2n) is 9.33. The first-order valence-corrected chi connectivity index (χ1v) is 11.4. The number of aryl methyl sites for hydroxylation is 1. The molecule has 3 rings (SSSR count). The van der Waals surface area contributed by atoms with Gasteiger partial charge < -0.3 is 14.5 Å². The molecule has 1 amide bonds. The van der Waals surface area contributed by atoms with Gasteiger partial charge in [-0.15, -0.1) is 0 Å². The summed E-state index contributed by atoms with van der Waals surface area (Å²) in [4.78, 5) is 17.5. The third-order valence-electron chi connectivity index (χ3n) is 6.93. The number of carbonyl (C=O) groups is 1. The Hall–Kier alpha value is -2.17. The standard InChI is InChI=1S/C23H31F6N3O2/c1-4-32(15-16-7-8-17-6-5-11-30(3)18(17)14-16)21(2)9-12-31(13-10-21)20(33)34-19(22(24,25)26)23(27,28)29/h7-8,14,19H,4-6,9-13,15H2,1-3H3. The summed E-state index contributed by atoms with van der Waals surface area (Å²) in [6.07, 6.45) is -14.2. The number of likely N-dealkylation sites (tertiary alicyclic amines) is 1. The van der Waals surface area contributed by atoms with Crippen LogP contribution in [0.2, 0.25) is 0 Å². The molecule has 0 aromatic heterocycles. The van der Waals surface area contributed by atoms with Crippen LogP contribution in [-0.2, 0) is 17.7 Å². The Labute approximate surface area is 195 Å². The highest BCUT2D eigenvalue weighted by Gasteiger charge is 2.60. The number of ether oxygens (including phenoxy) is 1. The van der Waals surface area contributed by atoms with E-state index < -0.39 is 24.5 Å². The average Bonchev–Trinajstić information content (AvgIpc) is 2.75. The minimum atomic E-state index is -5.72. The highest BCUT2D eigenvalue weighted by Crippen LogP contribution is 2.37. The van der Waals surface area contributed by atoms with Crippen molar-refractivity contribution in [2.45, 2.75) is 70.1 Å². The lowest BCUT2D eigenvalue weighted by Gasteiger charge is -2.46. The number of amides is 1. The van der Waals surface area contributed by atoms with E-state index in [2.05, 4.69) is 39.8 Å². The van der Waals surface area contributed by atoms with Crippen LogP contribution in [0.3, 0.4) is 0 Å². The fourth-order valence-electron chi connectivity index (χ4n) is 4.79. The van der Waals surface area contributed by atoms with Crippen LogP contribution >= 0.6 is 0 Å². The molecule has 0 radical (unpaired) electrons. The molecule has 5 nitrogen and oxygen atoms in total. The van der Waals surface area contributed by atoms with Gasteiger partial charge in [0, 0.05) is 44.5 Å². The zero-order chi connectivity index (χ0) is 25.3. The molecule has 0 atom stereocenters. The summed E-state index contributed by atoms with van der Waals surface area (Å²) in [7, 11) is 2.07. The molecule has 1 aromatic rings. The highest BCUT2D eigenvalue weighted by atomic mass is 19.4. The summed E-state index contributed by atoms with van der Waals surface area (Å²) < 4.78 is 80.2. The third kappa shape index (κ3) is 5.90. The molecule has 0 unspecified atom stereocenters. The molecule has 1 aromatic carbocycles. The first kappa shape index (κ1) is 26.4. The lowest BCUT2D eigenvalue weighted by atomic mass is 9.87. The van der Waals surface area contributed by atoms with E-state index in [1.54, 1.807) is 0 Å². The Balaban J connectivity index is 1.64. The van der Waals surface area contributed by atoms with Crippen LogP contribution in [0.4, 0.5) is 36.8 Å². The van der Waals surface area contributed by atoms with Crippen LogP contribution in [-0.4, -0.2) is 73.1 Å². The predicted molar refractivity (Wildman–Crippen MR) is 116 cm³/mol. The predicted octanol–water partition coefficient (Wildman–Crippen LogP) is 5.38. The lowest BCUT2D eigenvalue weighted by Crippen LogP contribution is -2.55. The normalized spacial score (nSPS) is 18.9. The number of hydrogen-bond donors (Lipinski definition) is 0. The Morgan fingerprint density at radius 3 is 2.29 bits per heavy atom. The number of rotatable bonds is 5. The molecule has 0 bridgehead atoms. The van der Waals surface area contributed by atoms with Crippen molar-refractivity contribution in [1.82, 2.24) is 9.80 Å². The molecule has 11 heteroatoms. The van der Waals surface area contributed by atoms with Gasteiger partial charge in [0.15, 0.2) is 0 Å². The summed E-state index contributed by atoms with van der Waals surface area (Å²) in [5, 5.41) is 0. The summed E-state index contributed by atoms with van der Waals surface area (Å²) in [6, 6.07) is 6.43. The topological polar surface area (TPSA) is 36.0 Å². The van der Waals surface area contributed by atoms with Crippen LogP contribution in [0.1, 0.15) is 44.2 Å². The number of benzene rings is 1. The second kappa shape index (κ2) is 9.83. The molecule has 34 heavy (non-hydrogen) atoms. The number of fused-ring (bicyclic) bond motifs is 1. The Morgan fingerprint density at radius 2 is 1.74 bits per heavy atom. The second-order valence-corrected chi connectivity index (χ2v) is 9.33.